The van der Waals surface area contributed by atoms with Gasteiger partial charge >= 0.3 is 0 Å². The zero-order chi connectivity index (χ0) is 12.3. The van der Waals surface area contributed by atoms with Gasteiger partial charge in [0.05, 0.1) is 6.04 Å². The van der Waals surface area contributed by atoms with Gasteiger partial charge in [-0.1, -0.05) is 24.3 Å². The molecule has 0 heterocycles. The minimum atomic E-state index is -0.588. The first kappa shape index (κ1) is 11.7. The van der Waals surface area contributed by atoms with Gasteiger partial charge in [0.2, 0.25) is 5.91 Å². The second kappa shape index (κ2) is 5.03. The van der Waals surface area contributed by atoms with Crippen LogP contribution >= 0.6 is 0 Å². The highest BCUT2D eigenvalue weighted by molar-refractivity contribution is 5.81. The number of amides is 1. The summed E-state index contributed by atoms with van der Waals surface area (Å²) < 4.78 is 0. The van der Waals surface area contributed by atoms with Crippen molar-refractivity contribution in [2.75, 3.05) is 6.54 Å². The van der Waals surface area contributed by atoms with Crippen LogP contribution in [0.5, 0.6) is 0 Å². The Kier molecular flexibility index (Phi) is 3.46. The standard InChI is InChI=1S/C14H16N2O/c1-2-5-13(15)14(17)16-9-11-8-10-6-3-4-7-12(10)11/h1,3-4,6-7,11,13H,5,8-9,15H2,(H,16,17). The van der Waals surface area contributed by atoms with E-state index in [4.69, 9.17) is 12.2 Å². The lowest BCUT2D eigenvalue weighted by Gasteiger charge is -2.30. The highest BCUT2D eigenvalue weighted by Gasteiger charge is 2.26. The SMILES string of the molecule is C#CCC(N)C(=O)NCC1Cc2ccccc21. The molecule has 0 saturated heterocycles. The second-order valence-corrected chi connectivity index (χ2v) is 4.36. The summed E-state index contributed by atoms with van der Waals surface area (Å²) in [6.45, 7) is 0.647. The number of carbonyl (C=O) groups excluding carboxylic acids is 1. The van der Waals surface area contributed by atoms with Crippen molar-refractivity contribution >= 4 is 5.91 Å². The quantitative estimate of drug-likeness (QED) is 0.749. The van der Waals surface area contributed by atoms with Crippen LogP contribution in [0.3, 0.4) is 0 Å². The molecular weight excluding hydrogens is 212 g/mol. The molecule has 1 aromatic carbocycles. The first-order valence-corrected chi connectivity index (χ1v) is 5.77. The van der Waals surface area contributed by atoms with Crippen LogP contribution < -0.4 is 11.1 Å². The third-order valence-corrected chi connectivity index (χ3v) is 3.16. The van der Waals surface area contributed by atoms with Gasteiger partial charge in [0, 0.05) is 18.9 Å². The Balaban J connectivity index is 1.82. The van der Waals surface area contributed by atoms with Crippen LogP contribution in [-0.4, -0.2) is 18.5 Å². The fraction of sp³-hybridized carbons (Fsp3) is 0.357. The Morgan fingerprint density at radius 3 is 3.06 bits per heavy atom. The lowest BCUT2D eigenvalue weighted by atomic mass is 9.77. The van der Waals surface area contributed by atoms with Crippen LogP contribution in [-0.2, 0) is 11.2 Å². The van der Waals surface area contributed by atoms with E-state index in [1.54, 1.807) is 0 Å². The van der Waals surface area contributed by atoms with E-state index in [-0.39, 0.29) is 12.3 Å². The molecule has 1 aromatic rings. The second-order valence-electron chi connectivity index (χ2n) is 4.36. The first-order chi connectivity index (χ1) is 8.22. The molecule has 1 aliphatic carbocycles. The normalized spacial score (nSPS) is 18.5. The number of benzene rings is 1. The topological polar surface area (TPSA) is 55.1 Å². The lowest BCUT2D eigenvalue weighted by Crippen LogP contribution is -2.43. The Morgan fingerprint density at radius 2 is 2.35 bits per heavy atom. The summed E-state index contributed by atoms with van der Waals surface area (Å²) in [6.07, 6.45) is 6.43. The summed E-state index contributed by atoms with van der Waals surface area (Å²) in [6, 6.07) is 7.71. The molecule has 88 valence electrons. The van der Waals surface area contributed by atoms with E-state index in [1.165, 1.54) is 11.1 Å². The Bertz CT molecular complexity index is 462. The van der Waals surface area contributed by atoms with E-state index in [1.807, 2.05) is 12.1 Å². The van der Waals surface area contributed by atoms with Gasteiger partial charge in [-0.25, -0.2) is 0 Å². The van der Waals surface area contributed by atoms with Gasteiger partial charge in [0.25, 0.3) is 0 Å². The predicted octanol–water partition coefficient (Wildman–Crippen LogP) is 0.793. The maximum atomic E-state index is 11.6. The van der Waals surface area contributed by atoms with Crippen LogP contribution in [0.25, 0.3) is 0 Å². The largest absolute Gasteiger partial charge is 0.354 e. The number of fused-ring (bicyclic) bond motifs is 1. The van der Waals surface area contributed by atoms with E-state index in [2.05, 4.69) is 23.4 Å². The number of carbonyl (C=O) groups is 1. The van der Waals surface area contributed by atoms with Crippen molar-refractivity contribution in [3.05, 3.63) is 35.4 Å². The average Bonchev–Trinajstić information content (AvgIpc) is 2.30. The number of hydrogen-bond acceptors (Lipinski definition) is 2. The van der Waals surface area contributed by atoms with E-state index < -0.39 is 6.04 Å². The molecule has 0 radical (unpaired) electrons. The van der Waals surface area contributed by atoms with Gasteiger partial charge in [-0.05, 0) is 17.5 Å². The molecule has 0 fully saturated rings. The van der Waals surface area contributed by atoms with E-state index >= 15 is 0 Å². The molecule has 2 unspecified atom stereocenters. The molecule has 1 aliphatic rings. The molecule has 3 N–H and O–H groups in total. The fourth-order valence-electron chi connectivity index (χ4n) is 2.12. The minimum absolute atomic E-state index is 0.160. The van der Waals surface area contributed by atoms with Gasteiger partial charge in [-0.3, -0.25) is 4.79 Å². The summed E-state index contributed by atoms with van der Waals surface area (Å²) in [7, 11) is 0. The molecule has 1 amide bonds. The number of nitrogens with one attached hydrogen (secondary N) is 1. The van der Waals surface area contributed by atoms with Crippen molar-refractivity contribution in [1.82, 2.24) is 5.32 Å². The maximum absolute atomic E-state index is 11.6. The highest BCUT2D eigenvalue weighted by Crippen LogP contribution is 2.33. The molecule has 3 heteroatoms. The molecule has 0 spiro atoms. The van der Waals surface area contributed by atoms with Crippen LogP contribution in [0, 0.1) is 12.3 Å². The van der Waals surface area contributed by atoms with Crippen molar-refractivity contribution in [2.24, 2.45) is 5.73 Å². The molecule has 0 saturated carbocycles. The van der Waals surface area contributed by atoms with Crippen molar-refractivity contribution in [1.29, 1.82) is 0 Å². The molecule has 2 atom stereocenters. The molecule has 17 heavy (non-hydrogen) atoms. The van der Waals surface area contributed by atoms with Crippen LogP contribution in [0.4, 0.5) is 0 Å². The van der Waals surface area contributed by atoms with Crippen LogP contribution in [0.1, 0.15) is 23.5 Å². The Labute approximate surface area is 101 Å². The monoisotopic (exact) mass is 228 g/mol. The predicted molar refractivity (Wildman–Crippen MR) is 67.3 cm³/mol. The van der Waals surface area contributed by atoms with Gasteiger partial charge in [0.1, 0.15) is 0 Å². The van der Waals surface area contributed by atoms with Crippen molar-refractivity contribution in [3.8, 4) is 12.3 Å². The zero-order valence-corrected chi connectivity index (χ0v) is 9.65. The highest BCUT2D eigenvalue weighted by atomic mass is 16.2. The molecule has 2 rings (SSSR count). The maximum Gasteiger partial charge on any atom is 0.237 e. The van der Waals surface area contributed by atoms with E-state index in [0.29, 0.717) is 12.5 Å². The summed E-state index contributed by atoms with van der Waals surface area (Å²) >= 11 is 0. The number of hydrogen-bond donors (Lipinski definition) is 2. The zero-order valence-electron chi connectivity index (χ0n) is 9.65. The average molecular weight is 228 g/mol. The fourth-order valence-corrected chi connectivity index (χ4v) is 2.12. The summed E-state index contributed by atoms with van der Waals surface area (Å²) in [5.41, 5.74) is 8.32. The van der Waals surface area contributed by atoms with Crippen molar-refractivity contribution in [3.63, 3.8) is 0 Å². The van der Waals surface area contributed by atoms with Gasteiger partial charge in [0.15, 0.2) is 0 Å². The Morgan fingerprint density at radius 1 is 1.59 bits per heavy atom. The number of nitrogens with two attached hydrogens (primary N) is 1. The van der Waals surface area contributed by atoms with Gasteiger partial charge in [-0.2, -0.15) is 0 Å². The molecule has 3 nitrogen and oxygen atoms in total. The summed E-state index contributed by atoms with van der Waals surface area (Å²) in [5.74, 6) is 2.66. The third kappa shape index (κ3) is 2.48. The molecule has 0 aromatic heterocycles. The minimum Gasteiger partial charge on any atom is -0.354 e. The van der Waals surface area contributed by atoms with Gasteiger partial charge < -0.3 is 11.1 Å². The lowest BCUT2D eigenvalue weighted by molar-refractivity contribution is -0.122. The van der Waals surface area contributed by atoms with Crippen LogP contribution in [0.2, 0.25) is 0 Å². The molecule has 0 bridgehead atoms. The summed E-state index contributed by atoms with van der Waals surface area (Å²) in [5, 5.41) is 2.85. The van der Waals surface area contributed by atoms with Crippen molar-refractivity contribution in [2.45, 2.75) is 24.8 Å². The Hall–Kier alpha value is -1.79. The number of rotatable bonds is 4. The van der Waals surface area contributed by atoms with Crippen LogP contribution in [0.15, 0.2) is 24.3 Å². The van der Waals surface area contributed by atoms with Crippen molar-refractivity contribution < 1.29 is 4.79 Å². The molecular formula is C14H16N2O. The smallest absolute Gasteiger partial charge is 0.237 e. The van der Waals surface area contributed by atoms with Gasteiger partial charge in [-0.15, -0.1) is 12.3 Å². The first-order valence-electron chi connectivity index (χ1n) is 5.77. The number of terminal acetylenes is 1. The summed E-state index contributed by atoms with van der Waals surface area (Å²) in [4.78, 5) is 11.6. The van der Waals surface area contributed by atoms with E-state index in [0.717, 1.165) is 6.42 Å². The molecule has 0 aliphatic heterocycles. The van der Waals surface area contributed by atoms with E-state index in [9.17, 15) is 4.79 Å². The third-order valence-electron chi connectivity index (χ3n) is 3.16.